The molecule has 3 N–H and O–H groups in total. The van der Waals surface area contributed by atoms with Crippen LogP contribution in [0.3, 0.4) is 0 Å². The number of nitrogens with zero attached hydrogens (tertiary/aromatic N) is 1. The number of benzene rings is 1. The fraction of sp³-hybridized carbons (Fsp3) is 0.286. The van der Waals surface area contributed by atoms with Crippen molar-refractivity contribution < 1.29 is 4.79 Å². The first-order valence-electron chi connectivity index (χ1n) is 6.38. The van der Waals surface area contributed by atoms with E-state index in [0.717, 1.165) is 23.2 Å². The molecule has 0 saturated carbocycles. The van der Waals surface area contributed by atoms with E-state index in [1.165, 1.54) is 0 Å². The number of rotatable bonds is 3. The van der Waals surface area contributed by atoms with Crippen molar-refractivity contribution in [2.45, 2.75) is 27.2 Å². The molecule has 106 valence electrons. The van der Waals surface area contributed by atoms with Crippen molar-refractivity contribution in [2.75, 3.05) is 10.6 Å². The Morgan fingerprint density at radius 3 is 2.65 bits per heavy atom. The van der Waals surface area contributed by atoms with Crippen LogP contribution in [-0.2, 0) is 6.42 Å². The Morgan fingerprint density at radius 2 is 2.00 bits per heavy atom. The Morgan fingerprint density at radius 1 is 1.25 bits per heavy atom. The molecule has 1 aromatic carbocycles. The van der Waals surface area contributed by atoms with Gasteiger partial charge in [-0.15, -0.1) is 0 Å². The van der Waals surface area contributed by atoms with Gasteiger partial charge in [-0.25, -0.2) is 4.79 Å². The molecule has 2 amide bonds. The Labute approximate surface area is 122 Å². The normalized spacial score (nSPS) is 10.4. The molecule has 0 unspecified atom stereocenters. The molecule has 0 fully saturated rings. The summed E-state index contributed by atoms with van der Waals surface area (Å²) >= 11 is 6.06. The summed E-state index contributed by atoms with van der Waals surface area (Å²) in [5.41, 5.74) is 3.59. The minimum atomic E-state index is -0.345. The number of aryl methyl sites for hydroxylation is 3. The van der Waals surface area contributed by atoms with Gasteiger partial charge in [0.2, 0.25) is 0 Å². The van der Waals surface area contributed by atoms with Crippen LogP contribution in [0.1, 0.15) is 23.7 Å². The number of carbonyl (C=O) groups is 1. The molecule has 20 heavy (non-hydrogen) atoms. The first kappa shape index (κ1) is 14.4. The lowest BCUT2D eigenvalue weighted by Crippen LogP contribution is -2.20. The van der Waals surface area contributed by atoms with E-state index >= 15 is 0 Å². The molecule has 5 nitrogen and oxygen atoms in total. The van der Waals surface area contributed by atoms with Gasteiger partial charge in [0.1, 0.15) is 0 Å². The molecular weight excluding hydrogens is 276 g/mol. The number of halogens is 1. The van der Waals surface area contributed by atoms with E-state index in [2.05, 4.69) is 20.8 Å². The van der Waals surface area contributed by atoms with Crippen molar-refractivity contribution in [3.63, 3.8) is 0 Å². The quantitative estimate of drug-likeness (QED) is 0.803. The van der Waals surface area contributed by atoms with E-state index in [4.69, 9.17) is 11.6 Å². The topological polar surface area (TPSA) is 69.8 Å². The lowest BCUT2D eigenvalue weighted by atomic mass is 10.1. The summed E-state index contributed by atoms with van der Waals surface area (Å²) in [4.78, 5) is 11.9. The number of aromatic nitrogens is 2. The molecule has 0 bridgehead atoms. The maximum absolute atomic E-state index is 11.9. The monoisotopic (exact) mass is 292 g/mol. The van der Waals surface area contributed by atoms with Gasteiger partial charge < -0.3 is 5.32 Å². The second-order valence-electron chi connectivity index (χ2n) is 4.63. The van der Waals surface area contributed by atoms with Gasteiger partial charge in [-0.1, -0.05) is 24.6 Å². The Balaban J connectivity index is 2.06. The van der Waals surface area contributed by atoms with E-state index in [-0.39, 0.29) is 6.03 Å². The largest absolute Gasteiger partial charge is 0.324 e. The molecule has 6 heteroatoms. The summed E-state index contributed by atoms with van der Waals surface area (Å²) in [5.74, 6) is 0.496. The van der Waals surface area contributed by atoms with E-state index in [9.17, 15) is 4.79 Å². The third-order valence-electron chi connectivity index (χ3n) is 3.01. The third-order valence-corrected chi connectivity index (χ3v) is 3.41. The minimum absolute atomic E-state index is 0.345. The van der Waals surface area contributed by atoms with Crippen LogP contribution in [0.25, 0.3) is 0 Å². The molecule has 1 heterocycles. The van der Waals surface area contributed by atoms with Gasteiger partial charge in [-0.3, -0.25) is 10.4 Å². The lowest BCUT2D eigenvalue weighted by Gasteiger charge is -2.10. The number of nitrogens with one attached hydrogen (secondary N) is 3. The van der Waals surface area contributed by atoms with Crippen molar-refractivity contribution in [1.29, 1.82) is 0 Å². The number of anilines is 2. The summed E-state index contributed by atoms with van der Waals surface area (Å²) in [6.45, 7) is 5.85. The summed E-state index contributed by atoms with van der Waals surface area (Å²) < 4.78 is 0. The van der Waals surface area contributed by atoms with Crippen LogP contribution in [0.2, 0.25) is 5.02 Å². The molecular formula is C14H17ClN4O. The summed E-state index contributed by atoms with van der Waals surface area (Å²) in [5, 5.41) is 12.9. The Hall–Kier alpha value is -2.01. The van der Waals surface area contributed by atoms with E-state index < -0.39 is 0 Å². The standard InChI is InChI=1S/C14H17ClN4O/c1-4-10-6-13(19-18-10)17-14(20)16-12-7-11(15)8(2)5-9(12)3/h5-7H,4H2,1-3H3,(H3,16,17,18,19,20). The van der Waals surface area contributed by atoms with Crippen molar-refractivity contribution in [3.05, 3.63) is 40.0 Å². The highest BCUT2D eigenvalue weighted by molar-refractivity contribution is 6.31. The second-order valence-corrected chi connectivity index (χ2v) is 5.03. The molecule has 0 aliphatic carbocycles. The fourth-order valence-electron chi connectivity index (χ4n) is 1.84. The average molecular weight is 293 g/mol. The predicted molar refractivity (Wildman–Crippen MR) is 81.5 cm³/mol. The van der Waals surface area contributed by atoms with Gasteiger partial charge in [-0.2, -0.15) is 5.10 Å². The number of amides is 2. The number of carbonyl (C=O) groups excluding carboxylic acids is 1. The zero-order valence-corrected chi connectivity index (χ0v) is 12.4. The van der Waals surface area contributed by atoms with Crippen LogP contribution >= 0.6 is 11.6 Å². The van der Waals surface area contributed by atoms with Crippen LogP contribution in [0.5, 0.6) is 0 Å². The summed E-state index contributed by atoms with van der Waals surface area (Å²) in [6, 6.07) is 5.13. The van der Waals surface area contributed by atoms with Gasteiger partial charge in [0.25, 0.3) is 0 Å². The molecule has 0 spiro atoms. The highest BCUT2D eigenvalue weighted by atomic mass is 35.5. The highest BCUT2D eigenvalue weighted by Gasteiger charge is 2.09. The average Bonchev–Trinajstić information content (AvgIpc) is 2.83. The molecule has 1 aromatic heterocycles. The van der Waals surface area contributed by atoms with Crippen LogP contribution < -0.4 is 10.6 Å². The number of aromatic amines is 1. The van der Waals surface area contributed by atoms with Gasteiger partial charge in [0.05, 0.1) is 0 Å². The maximum atomic E-state index is 11.9. The molecule has 0 saturated heterocycles. The van der Waals surface area contributed by atoms with E-state index in [1.54, 1.807) is 12.1 Å². The van der Waals surface area contributed by atoms with Gasteiger partial charge in [-0.05, 0) is 37.5 Å². The van der Waals surface area contributed by atoms with Crippen molar-refractivity contribution in [1.82, 2.24) is 10.2 Å². The number of hydrogen-bond acceptors (Lipinski definition) is 2. The zero-order chi connectivity index (χ0) is 14.7. The Kier molecular flexibility index (Phi) is 4.29. The fourth-order valence-corrected chi connectivity index (χ4v) is 2.00. The number of H-pyrrole nitrogens is 1. The molecule has 0 aliphatic rings. The van der Waals surface area contributed by atoms with E-state index in [0.29, 0.717) is 16.5 Å². The SMILES string of the molecule is CCc1cc(NC(=O)Nc2cc(Cl)c(C)cc2C)n[nH]1. The molecule has 0 radical (unpaired) electrons. The van der Waals surface area contributed by atoms with Crippen molar-refractivity contribution >= 4 is 29.1 Å². The number of hydrogen-bond donors (Lipinski definition) is 3. The van der Waals surface area contributed by atoms with Crippen LogP contribution in [-0.4, -0.2) is 16.2 Å². The van der Waals surface area contributed by atoms with Crippen molar-refractivity contribution in [3.8, 4) is 0 Å². The van der Waals surface area contributed by atoms with Gasteiger partial charge in [0, 0.05) is 22.5 Å². The molecule has 0 atom stereocenters. The highest BCUT2D eigenvalue weighted by Crippen LogP contribution is 2.24. The molecule has 2 rings (SSSR count). The Bertz CT molecular complexity index is 636. The van der Waals surface area contributed by atoms with E-state index in [1.807, 2.05) is 26.8 Å². The predicted octanol–water partition coefficient (Wildman–Crippen LogP) is 3.89. The minimum Gasteiger partial charge on any atom is -0.307 e. The van der Waals surface area contributed by atoms with Gasteiger partial charge >= 0.3 is 6.03 Å². The van der Waals surface area contributed by atoms with Crippen LogP contribution in [0.15, 0.2) is 18.2 Å². The number of urea groups is 1. The second kappa shape index (κ2) is 5.96. The third kappa shape index (κ3) is 3.30. The first-order valence-corrected chi connectivity index (χ1v) is 6.76. The zero-order valence-electron chi connectivity index (χ0n) is 11.7. The first-order chi connectivity index (χ1) is 9.49. The maximum Gasteiger partial charge on any atom is 0.324 e. The summed E-state index contributed by atoms with van der Waals surface area (Å²) in [7, 11) is 0. The van der Waals surface area contributed by atoms with Crippen molar-refractivity contribution in [2.24, 2.45) is 0 Å². The molecule has 0 aliphatic heterocycles. The lowest BCUT2D eigenvalue weighted by molar-refractivity contribution is 0.262. The van der Waals surface area contributed by atoms with Gasteiger partial charge in [0.15, 0.2) is 5.82 Å². The molecule has 2 aromatic rings. The summed E-state index contributed by atoms with van der Waals surface area (Å²) in [6.07, 6.45) is 0.836. The van der Waals surface area contributed by atoms with Crippen LogP contribution in [0, 0.1) is 13.8 Å². The smallest absolute Gasteiger partial charge is 0.307 e. The van der Waals surface area contributed by atoms with Crippen LogP contribution in [0.4, 0.5) is 16.3 Å².